The largest absolute Gasteiger partial charge is 0.507 e. The van der Waals surface area contributed by atoms with Crippen LogP contribution >= 0.6 is 0 Å². The van der Waals surface area contributed by atoms with Gasteiger partial charge in [0.1, 0.15) is 41.7 Å². The molecule has 6 rings (SSSR count). The van der Waals surface area contributed by atoms with Crippen molar-refractivity contribution >= 4 is 23.4 Å². The molecule has 0 aromatic heterocycles. The van der Waals surface area contributed by atoms with E-state index < -0.39 is 95.7 Å². The first-order valence-electron chi connectivity index (χ1n) is 16.8. The number of aliphatic hydroxyl groups excluding tert-OH is 2. The molecule has 3 aliphatic carbocycles. The Balaban J connectivity index is 1.27. The summed E-state index contributed by atoms with van der Waals surface area (Å²) in [6.07, 6.45) is 2.17. The number of methoxy groups -OCH3 is 1. The Bertz CT molecular complexity index is 1720. The van der Waals surface area contributed by atoms with E-state index in [-0.39, 0.29) is 53.5 Å². The molecule has 2 aromatic rings. The number of aromatic hydroxyl groups is 2. The molecule has 0 spiro atoms. The van der Waals surface area contributed by atoms with E-state index >= 15 is 0 Å². The number of phenolic OH excluding ortho intramolecular Hbond substituents is 2. The van der Waals surface area contributed by atoms with Gasteiger partial charge in [-0.2, -0.15) is 0 Å². The fourth-order valence-corrected chi connectivity index (χ4v) is 7.30. The third-order valence-corrected chi connectivity index (χ3v) is 9.92. The van der Waals surface area contributed by atoms with Gasteiger partial charge in [-0.25, -0.2) is 4.79 Å². The average Bonchev–Trinajstić information content (AvgIpc) is 3.09. The van der Waals surface area contributed by atoms with Crippen molar-refractivity contribution in [1.82, 2.24) is 5.32 Å². The van der Waals surface area contributed by atoms with Crippen LogP contribution in [0.3, 0.4) is 0 Å². The second-order valence-corrected chi connectivity index (χ2v) is 13.1. The first kappa shape index (κ1) is 35.5. The van der Waals surface area contributed by atoms with Crippen molar-refractivity contribution in [3.05, 3.63) is 63.7 Å². The Kier molecular flexibility index (Phi) is 10.3. The number of hydrogen-bond acceptors (Lipinski definition) is 13. The fraction of sp³-hybridized carbons (Fsp3) is 0.500. The number of aliphatic hydroxyl groups is 3. The van der Waals surface area contributed by atoms with E-state index in [1.807, 2.05) is 12.2 Å². The van der Waals surface area contributed by atoms with Gasteiger partial charge in [0.15, 0.2) is 17.9 Å². The van der Waals surface area contributed by atoms with E-state index in [0.717, 1.165) is 25.7 Å². The highest BCUT2D eigenvalue weighted by Crippen LogP contribution is 2.52. The molecule has 268 valence electrons. The summed E-state index contributed by atoms with van der Waals surface area (Å²) in [6.45, 7) is -1.19. The highest BCUT2D eigenvalue weighted by molar-refractivity contribution is 6.31. The van der Waals surface area contributed by atoms with Crippen molar-refractivity contribution in [3.8, 4) is 17.2 Å². The van der Waals surface area contributed by atoms with Crippen LogP contribution in [0.5, 0.6) is 17.2 Å². The van der Waals surface area contributed by atoms with Crippen LogP contribution in [0.4, 0.5) is 4.79 Å². The Hall–Kier alpha value is -4.34. The molecule has 6 atom stereocenters. The molecule has 1 fully saturated rings. The molecule has 14 nitrogen and oxygen atoms in total. The van der Waals surface area contributed by atoms with E-state index in [1.54, 1.807) is 0 Å². The molecule has 0 saturated carbocycles. The molecule has 0 radical (unpaired) electrons. The third-order valence-electron chi connectivity index (χ3n) is 9.92. The van der Waals surface area contributed by atoms with Crippen LogP contribution in [0.2, 0.25) is 0 Å². The van der Waals surface area contributed by atoms with E-state index in [9.17, 15) is 44.7 Å². The van der Waals surface area contributed by atoms with Crippen LogP contribution in [0.25, 0.3) is 0 Å². The number of allylic oxidation sites excluding steroid dienone is 1. The molecule has 0 bridgehead atoms. The fourth-order valence-electron chi connectivity index (χ4n) is 7.30. The van der Waals surface area contributed by atoms with Crippen LogP contribution in [0.1, 0.15) is 100 Å². The second-order valence-electron chi connectivity index (χ2n) is 13.1. The second kappa shape index (κ2) is 14.5. The van der Waals surface area contributed by atoms with Gasteiger partial charge in [-0.05, 0) is 44.2 Å². The number of benzene rings is 2. The highest BCUT2D eigenvalue weighted by Gasteiger charge is 2.50. The number of Topliss-reactive ketones (excluding diaryl/α,β-unsaturated/α-hetero) is 1. The van der Waals surface area contributed by atoms with Crippen LogP contribution in [0, 0.1) is 0 Å². The summed E-state index contributed by atoms with van der Waals surface area (Å²) >= 11 is 0. The monoisotopic (exact) mass is 695 g/mol. The summed E-state index contributed by atoms with van der Waals surface area (Å²) in [6, 6.07) is 4.35. The first-order valence-corrected chi connectivity index (χ1v) is 16.8. The van der Waals surface area contributed by atoms with Crippen molar-refractivity contribution in [3.63, 3.8) is 0 Å². The Morgan fingerprint density at radius 3 is 2.56 bits per heavy atom. The lowest BCUT2D eigenvalue weighted by atomic mass is 9.72. The van der Waals surface area contributed by atoms with Gasteiger partial charge in [0.2, 0.25) is 5.78 Å². The maximum absolute atomic E-state index is 13.9. The van der Waals surface area contributed by atoms with Gasteiger partial charge >= 0.3 is 6.09 Å². The van der Waals surface area contributed by atoms with E-state index in [1.165, 1.54) is 25.3 Å². The molecular weight excluding hydrogens is 654 g/mol. The molecule has 1 heterocycles. The number of amides is 1. The van der Waals surface area contributed by atoms with Crippen LogP contribution in [-0.2, 0) is 25.4 Å². The molecule has 14 heteroatoms. The van der Waals surface area contributed by atoms with E-state index in [4.69, 9.17) is 18.9 Å². The van der Waals surface area contributed by atoms with Gasteiger partial charge in [-0.1, -0.05) is 24.6 Å². The zero-order valence-electron chi connectivity index (χ0n) is 27.6. The van der Waals surface area contributed by atoms with E-state index in [2.05, 4.69) is 5.32 Å². The highest BCUT2D eigenvalue weighted by atomic mass is 16.7. The number of carbonyl (C=O) groups is 4. The number of phenols is 2. The van der Waals surface area contributed by atoms with Crippen molar-refractivity contribution in [2.24, 2.45) is 0 Å². The lowest BCUT2D eigenvalue weighted by molar-refractivity contribution is -0.245. The van der Waals surface area contributed by atoms with Gasteiger partial charge < -0.3 is 49.8 Å². The minimum atomic E-state index is -2.29. The number of ether oxygens (including phenoxy) is 4. The summed E-state index contributed by atoms with van der Waals surface area (Å²) in [5, 5.41) is 57.7. The van der Waals surface area contributed by atoms with Gasteiger partial charge in [-0.3, -0.25) is 14.4 Å². The summed E-state index contributed by atoms with van der Waals surface area (Å²) < 4.78 is 23.0. The lowest BCUT2D eigenvalue weighted by Gasteiger charge is -2.41. The lowest BCUT2D eigenvalue weighted by Crippen LogP contribution is -2.49. The topological polar surface area (TPSA) is 218 Å². The van der Waals surface area contributed by atoms with Gasteiger partial charge in [0, 0.05) is 42.5 Å². The predicted octanol–water partition coefficient (Wildman–Crippen LogP) is 2.66. The normalized spacial score (nSPS) is 27.6. The molecular formula is C36H41NO13. The summed E-state index contributed by atoms with van der Waals surface area (Å²) in [5.41, 5.74) is -3.82. The SMILES string of the molecule is COc1cccc2c1C(=O)c1c(O)c3c(c(O)c1C2=O)C[C@@](O)(C(=O)CO)C[C@@H]3OC1CCC(O)C(CNC(=O)OC2C=CCCCCC2)O1. The number of ketones is 3. The third kappa shape index (κ3) is 6.61. The van der Waals surface area contributed by atoms with Crippen molar-refractivity contribution < 1.29 is 63.7 Å². The maximum Gasteiger partial charge on any atom is 0.407 e. The zero-order chi connectivity index (χ0) is 35.7. The number of nitrogens with one attached hydrogen (secondary N) is 1. The Labute approximate surface area is 287 Å². The Morgan fingerprint density at radius 1 is 1.02 bits per heavy atom. The minimum Gasteiger partial charge on any atom is -0.507 e. The molecule has 6 N–H and O–H groups in total. The molecule has 4 unspecified atom stereocenters. The summed E-state index contributed by atoms with van der Waals surface area (Å²) in [5.74, 6) is -3.90. The van der Waals surface area contributed by atoms with Gasteiger partial charge in [0.25, 0.3) is 0 Å². The number of fused-ring (bicyclic) bond motifs is 3. The molecule has 50 heavy (non-hydrogen) atoms. The van der Waals surface area contributed by atoms with Crippen molar-refractivity contribution in [2.45, 2.75) is 94.1 Å². The summed E-state index contributed by atoms with van der Waals surface area (Å²) in [7, 11) is 1.32. The standard InChI is InChI=1S/C36H41NO13/c1-47-22-11-7-10-19-27(22)33(43)30-29(31(19)41)32(42)20-14-36(46,25(40)17-38)15-23(28(20)34(30)44)49-26-13-12-21(39)24(50-26)16-37-35(45)48-18-8-5-3-2-4-6-9-18/h5,7-8,10-11,18,21,23-24,26,38-39,42,44,46H,2-4,6,9,12-17H2,1H3,(H,37,45)/t18?,21?,23-,24?,26?,36-/m0/s1. The zero-order valence-corrected chi connectivity index (χ0v) is 27.6. The van der Waals surface area contributed by atoms with Crippen LogP contribution < -0.4 is 10.1 Å². The quantitative estimate of drug-likeness (QED) is 0.148. The Morgan fingerprint density at radius 2 is 1.80 bits per heavy atom. The molecule has 4 aliphatic rings. The first-order chi connectivity index (χ1) is 24.0. The molecule has 1 aliphatic heterocycles. The number of hydrogen-bond donors (Lipinski definition) is 6. The minimum absolute atomic E-state index is 0.0688. The number of rotatable bonds is 8. The summed E-state index contributed by atoms with van der Waals surface area (Å²) in [4.78, 5) is 53.0. The maximum atomic E-state index is 13.9. The number of carbonyl (C=O) groups excluding carboxylic acids is 4. The van der Waals surface area contributed by atoms with Crippen molar-refractivity contribution in [2.75, 3.05) is 20.3 Å². The number of alkyl carbamates (subject to hydrolysis) is 1. The van der Waals surface area contributed by atoms with Crippen molar-refractivity contribution in [1.29, 1.82) is 0 Å². The van der Waals surface area contributed by atoms with Crippen LogP contribution in [0.15, 0.2) is 30.4 Å². The van der Waals surface area contributed by atoms with E-state index in [0.29, 0.717) is 6.42 Å². The van der Waals surface area contributed by atoms with Gasteiger partial charge in [0.05, 0.1) is 36.0 Å². The van der Waals surface area contributed by atoms with Gasteiger partial charge in [-0.15, -0.1) is 0 Å². The smallest absolute Gasteiger partial charge is 0.407 e. The molecule has 1 amide bonds. The van der Waals surface area contributed by atoms with Crippen LogP contribution in [-0.4, -0.2) is 99.4 Å². The predicted molar refractivity (Wildman–Crippen MR) is 173 cm³/mol. The molecule has 1 saturated heterocycles. The molecule has 2 aromatic carbocycles. The average molecular weight is 696 g/mol.